The quantitative estimate of drug-likeness (QED) is 0.589. The van der Waals surface area contributed by atoms with Gasteiger partial charge in [0.2, 0.25) is 0 Å². The fraction of sp³-hybridized carbons (Fsp3) is 0.417. The molecular weight excluding hydrogens is 300 g/mol. The molecule has 0 aliphatic heterocycles. The van der Waals surface area contributed by atoms with Crippen LogP contribution in [0.5, 0.6) is 0 Å². The first-order chi connectivity index (χ1) is 8.65. The van der Waals surface area contributed by atoms with Gasteiger partial charge in [0.05, 0.1) is 25.4 Å². The zero-order chi connectivity index (χ0) is 13.4. The average Bonchev–Trinajstić information content (AvgIpc) is 2.36. The molecule has 18 heavy (non-hydrogen) atoms. The van der Waals surface area contributed by atoms with Crippen LogP contribution < -0.4 is 11.1 Å². The van der Waals surface area contributed by atoms with E-state index in [1.807, 2.05) is 0 Å². The molecule has 0 radical (unpaired) electrons. The summed E-state index contributed by atoms with van der Waals surface area (Å²) >= 11 is 3.31. The smallest absolute Gasteiger partial charge is 0.252 e. The number of benzene rings is 1. The Bertz CT molecular complexity index is 399. The van der Waals surface area contributed by atoms with E-state index in [1.165, 1.54) is 0 Å². The first-order valence-corrected chi connectivity index (χ1v) is 6.34. The Balaban J connectivity index is 2.34. The zero-order valence-corrected chi connectivity index (χ0v) is 11.8. The summed E-state index contributed by atoms with van der Waals surface area (Å²) in [5.41, 5.74) is 6.71. The number of nitrogens with one attached hydrogen (secondary N) is 1. The predicted molar refractivity (Wildman–Crippen MR) is 73.6 cm³/mol. The lowest BCUT2D eigenvalue weighted by atomic mass is 10.2. The summed E-state index contributed by atoms with van der Waals surface area (Å²) in [7, 11) is 1.61. The lowest BCUT2D eigenvalue weighted by molar-refractivity contribution is 0.0692. The second-order valence-corrected chi connectivity index (χ2v) is 4.45. The molecule has 1 rings (SSSR count). The molecule has 0 aromatic heterocycles. The predicted octanol–water partition coefficient (Wildman–Crippen LogP) is 1.42. The summed E-state index contributed by atoms with van der Waals surface area (Å²) in [6.07, 6.45) is 0. The number of nitrogen functional groups attached to an aromatic ring is 1. The van der Waals surface area contributed by atoms with Crippen LogP contribution in [0.4, 0.5) is 5.69 Å². The molecule has 0 fully saturated rings. The van der Waals surface area contributed by atoms with Crippen molar-refractivity contribution in [1.29, 1.82) is 0 Å². The van der Waals surface area contributed by atoms with Gasteiger partial charge >= 0.3 is 0 Å². The molecule has 0 aliphatic rings. The Morgan fingerprint density at radius 2 is 2.17 bits per heavy atom. The lowest BCUT2D eigenvalue weighted by Gasteiger charge is -2.08. The highest BCUT2D eigenvalue weighted by Gasteiger charge is 2.09. The van der Waals surface area contributed by atoms with Gasteiger partial charge in [0.25, 0.3) is 5.91 Å². The molecule has 5 nitrogen and oxygen atoms in total. The van der Waals surface area contributed by atoms with Crippen molar-refractivity contribution in [3.63, 3.8) is 0 Å². The van der Waals surface area contributed by atoms with Gasteiger partial charge < -0.3 is 20.5 Å². The molecule has 1 aromatic rings. The monoisotopic (exact) mass is 316 g/mol. The molecule has 0 spiro atoms. The maximum atomic E-state index is 11.8. The van der Waals surface area contributed by atoms with Crippen LogP contribution in [0, 0.1) is 0 Å². The zero-order valence-electron chi connectivity index (χ0n) is 10.2. The summed E-state index contributed by atoms with van der Waals surface area (Å²) in [5, 5.41) is 2.75. The SMILES string of the molecule is COCCOCCNC(=O)c1cc(N)ccc1Br. The van der Waals surface area contributed by atoms with Crippen molar-refractivity contribution in [2.24, 2.45) is 0 Å². The van der Waals surface area contributed by atoms with Crippen LogP contribution in [0.2, 0.25) is 0 Å². The summed E-state index contributed by atoms with van der Waals surface area (Å²) in [4.78, 5) is 11.8. The number of carbonyl (C=O) groups excluding carboxylic acids is 1. The maximum absolute atomic E-state index is 11.8. The van der Waals surface area contributed by atoms with Crippen LogP contribution in [-0.4, -0.2) is 39.4 Å². The number of nitrogens with two attached hydrogens (primary N) is 1. The number of carbonyl (C=O) groups is 1. The molecule has 0 saturated heterocycles. The highest BCUT2D eigenvalue weighted by molar-refractivity contribution is 9.10. The fourth-order valence-electron chi connectivity index (χ4n) is 1.29. The number of anilines is 1. The third-order valence-electron chi connectivity index (χ3n) is 2.20. The third-order valence-corrected chi connectivity index (χ3v) is 2.89. The van der Waals surface area contributed by atoms with E-state index in [2.05, 4.69) is 21.2 Å². The van der Waals surface area contributed by atoms with E-state index in [4.69, 9.17) is 15.2 Å². The Kier molecular flexibility index (Phi) is 6.70. The van der Waals surface area contributed by atoms with Gasteiger partial charge in [-0.1, -0.05) is 0 Å². The van der Waals surface area contributed by atoms with Crippen LogP contribution in [-0.2, 0) is 9.47 Å². The number of methoxy groups -OCH3 is 1. The van der Waals surface area contributed by atoms with Crippen molar-refractivity contribution in [3.05, 3.63) is 28.2 Å². The molecule has 0 unspecified atom stereocenters. The van der Waals surface area contributed by atoms with Crippen LogP contribution >= 0.6 is 15.9 Å². The number of rotatable bonds is 7. The number of hydrogen-bond acceptors (Lipinski definition) is 4. The molecule has 0 heterocycles. The summed E-state index contributed by atoms with van der Waals surface area (Å²) in [6, 6.07) is 5.11. The lowest BCUT2D eigenvalue weighted by Crippen LogP contribution is -2.28. The highest BCUT2D eigenvalue weighted by atomic mass is 79.9. The molecule has 6 heteroatoms. The van der Waals surface area contributed by atoms with Crippen molar-refractivity contribution in [2.75, 3.05) is 39.2 Å². The van der Waals surface area contributed by atoms with E-state index >= 15 is 0 Å². The van der Waals surface area contributed by atoms with Gasteiger partial charge in [0, 0.05) is 23.8 Å². The van der Waals surface area contributed by atoms with Gasteiger partial charge in [0.1, 0.15) is 0 Å². The van der Waals surface area contributed by atoms with Gasteiger partial charge in [-0.05, 0) is 34.1 Å². The van der Waals surface area contributed by atoms with Gasteiger partial charge in [-0.15, -0.1) is 0 Å². The van der Waals surface area contributed by atoms with Gasteiger partial charge in [0.15, 0.2) is 0 Å². The first kappa shape index (κ1) is 14.9. The van der Waals surface area contributed by atoms with Crippen LogP contribution in [0.25, 0.3) is 0 Å². The van der Waals surface area contributed by atoms with Gasteiger partial charge in [-0.25, -0.2) is 0 Å². The largest absolute Gasteiger partial charge is 0.399 e. The van der Waals surface area contributed by atoms with Crippen molar-refractivity contribution in [1.82, 2.24) is 5.32 Å². The molecule has 3 N–H and O–H groups in total. The minimum atomic E-state index is -0.176. The first-order valence-electron chi connectivity index (χ1n) is 5.55. The second kappa shape index (κ2) is 8.07. The molecule has 0 atom stereocenters. The maximum Gasteiger partial charge on any atom is 0.252 e. The molecule has 1 aromatic carbocycles. The third kappa shape index (κ3) is 5.03. The molecule has 0 saturated carbocycles. The molecule has 0 bridgehead atoms. The molecule has 0 aliphatic carbocycles. The Morgan fingerprint density at radius 1 is 1.39 bits per heavy atom. The van der Waals surface area contributed by atoms with Gasteiger partial charge in [-0.3, -0.25) is 4.79 Å². The van der Waals surface area contributed by atoms with E-state index in [-0.39, 0.29) is 5.91 Å². The van der Waals surface area contributed by atoms with E-state index in [0.717, 1.165) is 4.47 Å². The second-order valence-electron chi connectivity index (χ2n) is 3.60. The van der Waals surface area contributed by atoms with Crippen molar-refractivity contribution in [2.45, 2.75) is 0 Å². The molecule has 1 amide bonds. The normalized spacial score (nSPS) is 10.3. The number of halogens is 1. The van der Waals surface area contributed by atoms with E-state index in [1.54, 1.807) is 25.3 Å². The van der Waals surface area contributed by atoms with E-state index in [0.29, 0.717) is 37.6 Å². The minimum Gasteiger partial charge on any atom is -0.399 e. The Labute approximate surface area is 115 Å². The summed E-state index contributed by atoms with van der Waals surface area (Å²) in [6.45, 7) is 1.97. The van der Waals surface area contributed by atoms with Crippen molar-refractivity contribution >= 4 is 27.5 Å². The van der Waals surface area contributed by atoms with E-state index in [9.17, 15) is 4.79 Å². The van der Waals surface area contributed by atoms with E-state index < -0.39 is 0 Å². The molecular formula is C12H17BrN2O3. The topological polar surface area (TPSA) is 73.6 Å². The van der Waals surface area contributed by atoms with Crippen molar-refractivity contribution < 1.29 is 14.3 Å². The average molecular weight is 317 g/mol. The number of amides is 1. The van der Waals surface area contributed by atoms with Crippen LogP contribution in [0.1, 0.15) is 10.4 Å². The summed E-state index contributed by atoms with van der Waals surface area (Å²) in [5.74, 6) is -0.176. The Morgan fingerprint density at radius 3 is 2.89 bits per heavy atom. The number of ether oxygens (including phenoxy) is 2. The minimum absolute atomic E-state index is 0.176. The highest BCUT2D eigenvalue weighted by Crippen LogP contribution is 2.19. The standard InChI is InChI=1S/C12H17BrN2O3/c1-17-6-7-18-5-4-15-12(16)10-8-9(14)2-3-11(10)13/h2-3,8H,4-7,14H2,1H3,(H,15,16). The molecule has 100 valence electrons. The van der Waals surface area contributed by atoms with Crippen molar-refractivity contribution in [3.8, 4) is 0 Å². The number of hydrogen-bond donors (Lipinski definition) is 2. The van der Waals surface area contributed by atoms with Gasteiger partial charge in [-0.2, -0.15) is 0 Å². The summed E-state index contributed by atoms with van der Waals surface area (Å²) < 4.78 is 10.8. The van der Waals surface area contributed by atoms with Crippen LogP contribution in [0.15, 0.2) is 22.7 Å². The Hall–Kier alpha value is -1.11. The fourth-order valence-corrected chi connectivity index (χ4v) is 1.72. The van der Waals surface area contributed by atoms with Crippen LogP contribution in [0.3, 0.4) is 0 Å².